The number of ether oxygens (including phenoxy) is 1. The van der Waals surface area contributed by atoms with Gasteiger partial charge in [-0.15, -0.1) is 0 Å². The normalized spacial score (nSPS) is 12.0. The van der Waals surface area contributed by atoms with Crippen molar-refractivity contribution < 1.29 is 4.74 Å². The lowest BCUT2D eigenvalue weighted by Crippen LogP contribution is -2.43. The van der Waals surface area contributed by atoms with Crippen LogP contribution in [0.15, 0.2) is 38.8 Å². The third-order valence-electron chi connectivity index (χ3n) is 5.89. The zero-order valence-corrected chi connectivity index (χ0v) is 21.1. The fraction of sp³-hybridized carbons (Fsp3) is 0.560. The lowest BCUT2D eigenvalue weighted by Gasteiger charge is -2.27. The zero-order valence-electron chi connectivity index (χ0n) is 20.3. The molecule has 1 atom stereocenters. The lowest BCUT2D eigenvalue weighted by atomic mass is 9.98. The maximum absolute atomic E-state index is 13.4. The molecule has 0 aliphatic carbocycles. The summed E-state index contributed by atoms with van der Waals surface area (Å²) in [5.41, 5.74) is 0.505. The van der Waals surface area contributed by atoms with Crippen LogP contribution >= 0.6 is 11.6 Å². The SMILES string of the molecule is C=Nc1c(N(COCCC(CC)CCC)Cc2ccc(Cl)cc2)c(=O)n(CCC)c(=O)n1C. The van der Waals surface area contributed by atoms with E-state index in [-0.39, 0.29) is 18.1 Å². The largest absolute Gasteiger partial charge is 0.361 e. The number of aromatic nitrogens is 2. The molecule has 1 heterocycles. The second-order valence-electron chi connectivity index (χ2n) is 8.34. The number of anilines is 1. The summed E-state index contributed by atoms with van der Waals surface area (Å²) in [4.78, 5) is 32.0. The smallest absolute Gasteiger partial charge is 0.332 e. The second-order valence-corrected chi connectivity index (χ2v) is 8.78. The summed E-state index contributed by atoms with van der Waals surface area (Å²) in [6.45, 7) is 11.5. The quantitative estimate of drug-likeness (QED) is 0.215. The Morgan fingerprint density at radius 3 is 2.39 bits per heavy atom. The van der Waals surface area contributed by atoms with Gasteiger partial charge in [0.2, 0.25) is 0 Å². The van der Waals surface area contributed by atoms with Crippen molar-refractivity contribution in [2.75, 3.05) is 18.2 Å². The molecule has 0 saturated carbocycles. The Hall–Kier alpha value is -2.38. The van der Waals surface area contributed by atoms with Gasteiger partial charge in [-0.25, -0.2) is 9.79 Å². The molecular weight excluding hydrogens is 440 g/mol. The third kappa shape index (κ3) is 7.05. The standard InChI is InChI=1S/C25H37ClN4O3/c1-6-9-19(8-3)14-16-33-18-29(17-20-10-12-21(26)13-11-20)22-23(27-4)28(5)25(32)30(15-7-2)24(22)31/h10-13,19H,4,6-9,14-18H2,1-3,5H3. The van der Waals surface area contributed by atoms with Crippen molar-refractivity contribution in [1.29, 1.82) is 0 Å². The maximum atomic E-state index is 13.4. The van der Waals surface area contributed by atoms with Gasteiger partial charge in [-0.1, -0.05) is 63.8 Å². The molecule has 8 heteroatoms. The van der Waals surface area contributed by atoms with Crippen LogP contribution in [0.4, 0.5) is 11.5 Å². The van der Waals surface area contributed by atoms with Crippen LogP contribution in [0.5, 0.6) is 0 Å². The second kappa shape index (κ2) is 13.4. The average molecular weight is 477 g/mol. The van der Waals surface area contributed by atoms with Gasteiger partial charge in [0.1, 0.15) is 12.4 Å². The minimum Gasteiger partial charge on any atom is -0.361 e. The number of nitrogens with zero attached hydrogens (tertiary/aromatic N) is 4. The lowest BCUT2D eigenvalue weighted by molar-refractivity contribution is 0.117. The molecular formula is C25H37ClN4O3. The molecule has 0 aliphatic heterocycles. The maximum Gasteiger partial charge on any atom is 0.332 e. The van der Waals surface area contributed by atoms with Gasteiger partial charge in [-0.05, 0) is 43.2 Å². The fourth-order valence-corrected chi connectivity index (χ4v) is 4.13. The Morgan fingerprint density at radius 2 is 1.82 bits per heavy atom. The first-order valence-electron chi connectivity index (χ1n) is 11.7. The van der Waals surface area contributed by atoms with Gasteiger partial charge in [-0.3, -0.25) is 13.9 Å². The zero-order chi connectivity index (χ0) is 24.4. The Bertz CT molecular complexity index is 1010. The molecule has 7 nitrogen and oxygen atoms in total. The molecule has 0 amide bonds. The van der Waals surface area contributed by atoms with Crippen molar-refractivity contribution in [1.82, 2.24) is 9.13 Å². The van der Waals surface area contributed by atoms with E-state index >= 15 is 0 Å². The molecule has 0 spiro atoms. The number of halogens is 1. The molecule has 1 unspecified atom stereocenters. The van der Waals surface area contributed by atoms with E-state index < -0.39 is 5.69 Å². The van der Waals surface area contributed by atoms with Gasteiger partial charge in [0.05, 0.1) is 0 Å². The first kappa shape index (κ1) is 26.9. The van der Waals surface area contributed by atoms with E-state index in [2.05, 4.69) is 25.6 Å². The monoisotopic (exact) mass is 476 g/mol. The van der Waals surface area contributed by atoms with Crippen molar-refractivity contribution in [2.24, 2.45) is 18.0 Å². The van der Waals surface area contributed by atoms with Crippen molar-refractivity contribution in [2.45, 2.75) is 66.0 Å². The molecule has 0 radical (unpaired) electrons. The number of hydrogen-bond acceptors (Lipinski definition) is 5. The molecule has 1 aromatic carbocycles. The number of aliphatic imine (C=N–C) groups is 1. The highest BCUT2D eigenvalue weighted by Gasteiger charge is 2.22. The van der Waals surface area contributed by atoms with Gasteiger partial charge >= 0.3 is 5.69 Å². The van der Waals surface area contributed by atoms with Gasteiger partial charge in [0.15, 0.2) is 5.82 Å². The molecule has 0 saturated heterocycles. The number of rotatable bonds is 14. The molecule has 2 rings (SSSR count). The van der Waals surface area contributed by atoms with E-state index in [1.165, 1.54) is 15.6 Å². The van der Waals surface area contributed by atoms with E-state index in [1.54, 1.807) is 7.05 Å². The molecule has 1 aromatic heterocycles. The van der Waals surface area contributed by atoms with Crippen LogP contribution in [0.3, 0.4) is 0 Å². The summed E-state index contributed by atoms with van der Waals surface area (Å²) in [5, 5.41) is 0.643. The van der Waals surface area contributed by atoms with E-state index in [4.69, 9.17) is 16.3 Å². The highest BCUT2D eigenvalue weighted by atomic mass is 35.5. The van der Waals surface area contributed by atoms with Gasteiger partial charge in [0, 0.05) is 31.8 Å². The van der Waals surface area contributed by atoms with Crippen molar-refractivity contribution in [3.63, 3.8) is 0 Å². The summed E-state index contributed by atoms with van der Waals surface area (Å²) in [6, 6.07) is 7.46. The van der Waals surface area contributed by atoms with E-state index in [0.717, 1.165) is 24.8 Å². The van der Waals surface area contributed by atoms with E-state index in [1.807, 2.05) is 36.1 Å². The Labute approximate surface area is 201 Å². The Kier molecular flexibility index (Phi) is 10.9. The van der Waals surface area contributed by atoms with E-state index in [0.29, 0.717) is 42.7 Å². The summed E-state index contributed by atoms with van der Waals surface area (Å²) >= 11 is 6.05. The summed E-state index contributed by atoms with van der Waals surface area (Å²) in [6.07, 6.45) is 5.10. The van der Waals surface area contributed by atoms with Crippen LogP contribution < -0.4 is 16.1 Å². The summed E-state index contributed by atoms with van der Waals surface area (Å²) < 4.78 is 8.69. The third-order valence-corrected chi connectivity index (χ3v) is 6.14. The van der Waals surface area contributed by atoms with Crippen molar-refractivity contribution >= 4 is 29.8 Å². The molecule has 182 valence electrons. The van der Waals surface area contributed by atoms with Crippen LogP contribution in [0.2, 0.25) is 5.02 Å². The van der Waals surface area contributed by atoms with Gasteiger partial charge in [0.25, 0.3) is 5.56 Å². The molecule has 0 aliphatic rings. The molecule has 2 aromatic rings. The van der Waals surface area contributed by atoms with Crippen molar-refractivity contribution in [3.05, 3.63) is 55.7 Å². The average Bonchev–Trinajstić information content (AvgIpc) is 2.81. The number of hydrogen-bond donors (Lipinski definition) is 0. The van der Waals surface area contributed by atoms with E-state index in [9.17, 15) is 9.59 Å². The predicted octanol–water partition coefficient (Wildman–Crippen LogP) is 5.14. The molecule has 0 bridgehead atoms. The molecule has 0 N–H and O–H groups in total. The van der Waals surface area contributed by atoms with Crippen LogP contribution in [0, 0.1) is 5.92 Å². The molecule has 33 heavy (non-hydrogen) atoms. The topological polar surface area (TPSA) is 68.8 Å². The Balaban J connectivity index is 2.42. The van der Waals surface area contributed by atoms with Crippen LogP contribution in [-0.2, 0) is 24.9 Å². The predicted molar refractivity (Wildman–Crippen MR) is 137 cm³/mol. The van der Waals surface area contributed by atoms with Crippen LogP contribution in [0.25, 0.3) is 0 Å². The van der Waals surface area contributed by atoms with Crippen LogP contribution in [0.1, 0.15) is 58.4 Å². The minimum absolute atomic E-state index is 0.202. The fourth-order valence-electron chi connectivity index (χ4n) is 4.00. The molecule has 0 fully saturated rings. The minimum atomic E-state index is -0.397. The first-order chi connectivity index (χ1) is 15.9. The van der Waals surface area contributed by atoms with Crippen molar-refractivity contribution in [3.8, 4) is 0 Å². The van der Waals surface area contributed by atoms with Gasteiger partial charge < -0.3 is 9.64 Å². The van der Waals surface area contributed by atoms with Crippen LogP contribution in [-0.4, -0.2) is 29.2 Å². The highest BCUT2D eigenvalue weighted by molar-refractivity contribution is 6.30. The summed E-state index contributed by atoms with van der Waals surface area (Å²) in [7, 11) is 1.61. The van der Waals surface area contributed by atoms with Gasteiger partial charge in [-0.2, -0.15) is 0 Å². The number of benzene rings is 1. The Morgan fingerprint density at radius 1 is 1.12 bits per heavy atom. The summed E-state index contributed by atoms with van der Waals surface area (Å²) in [5.74, 6) is 0.872. The highest BCUT2D eigenvalue weighted by Crippen LogP contribution is 2.25. The first-order valence-corrected chi connectivity index (χ1v) is 12.1.